The van der Waals surface area contributed by atoms with Gasteiger partial charge in [0, 0.05) is 5.75 Å². The number of aliphatic hydroxyl groups is 1. The van der Waals surface area contributed by atoms with Crippen LogP contribution in [0.5, 0.6) is 0 Å². The molecule has 1 saturated heterocycles. The van der Waals surface area contributed by atoms with Gasteiger partial charge >= 0.3 is 12.1 Å². The van der Waals surface area contributed by atoms with Crippen molar-refractivity contribution in [3.63, 3.8) is 0 Å². The third kappa shape index (κ3) is 9.07. The number of nitrogens with zero attached hydrogens (tertiary/aromatic N) is 1. The monoisotopic (exact) mass is 543 g/mol. The van der Waals surface area contributed by atoms with Gasteiger partial charge in [-0.1, -0.05) is 67.1 Å². The van der Waals surface area contributed by atoms with Crippen molar-refractivity contribution in [3.05, 3.63) is 71.8 Å². The van der Waals surface area contributed by atoms with Crippen molar-refractivity contribution in [1.82, 2.24) is 15.5 Å². The summed E-state index contributed by atoms with van der Waals surface area (Å²) in [5.41, 5.74) is 1.99. The fraction of sp³-hybridized carbons (Fsp3) is 0.407. The second kappa shape index (κ2) is 15.0. The van der Waals surface area contributed by atoms with Gasteiger partial charge < -0.3 is 30.5 Å². The summed E-state index contributed by atoms with van der Waals surface area (Å²) < 4.78 is 5.32. The number of aliphatic hydroxyl groups excluding tert-OH is 1. The number of carbonyl (C=O) groups is 4. The second-order valence-corrected chi connectivity index (χ2v) is 9.91. The van der Waals surface area contributed by atoms with Gasteiger partial charge in [-0.25, -0.2) is 9.59 Å². The number of nitrogens with one attached hydrogen (secondary N) is 2. The maximum atomic E-state index is 13.5. The van der Waals surface area contributed by atoms with Crippen LogP contribution in [-0.4, -0.2) is 75.4 Å². The number of amides is 3. The maximum absolute atomic E-state index is 13.5. The number of carbonyl (C=O) groups excluding carboxylic acids is 3. The van der Waals surface area contributed by atoms with Crippen molar-refractivity contribution in [2.24, 2.45) is 0 Å². The maximum Gasteiger partial charge on any atom is 0.408 e. The Morgan fingerprint density at radius 1 is 1.00 bits per heavy atom. The Labute approximate surface area is 225 Å². The van der Waals surface area contributed by atoms with Crippen LogP contribution in [0.4, 0.5) is 4.79 Å². The molecular formula is C27H33N3O7S. The summed E-state index contributed by atoms with van der Waals surface area (Å²) >= 11 is 1.38. The molecule has 0 spiro atoms. The molecule has 1 heterocycles. The highest BCUT2D eigenvalue weighted by molar-refractivity contribution is 7.99. The zero-order valence-electron chi connectivity index (χ0n) is 21.0. The van der Waals surface area contributed by atoms with Crippen LogP contribution in [0.3, 0.4) is 0 Å². The Balaban J connectivity index is 1.61. The van der Waals surface area contributed by atoms with Crippen LogP contribution in [0.1, 0.15) is 30.4 Å². The first-order chi connectivity index (χ1) is 18.3. The quantitative estimate of drug-likeness (QED) is 0.281. The molecule has 0 radical (unpaired) electrons. The molecule has 4 N–H and O–H groups in total. The van der Waals surface area contributed by atoms with Crippen LogP contribution in [-0.2, 0) is 32.1 Å². The first-order valence-corrected chi connectivity index (χ1v) is 13.6. The lowest BCUT2D eigenvalue weighted by Gasteiger charge is -2.28. The number of alkyl carbamates (subject to hydrolysis) is 1. The van der Waals surface area contributed by atoms with Gasteiger partial charge in [-0.05, 0) is 30.4 Å². The summed E-state index contributed by atoms with van der Waals surface area (Å²) in [7, 11) is 0. The van der Waals surface area contributed by atoms with Crippen LogP contribution in [0.15, 0.2) is 60.7 Å². The van der Waals surface area contributed by atoms with Crippen LogP contribution in [0, 0.1) is 0 Å². The van der Waals surface area contributed by atoms with Gasteiger partial charge in [0.1, 0.15) is 18.7 Å². The van der Waals surface area contributed by atoms with Gasteiger partial charge in [-0.2, -0.15) is 0 Å². The molecule has 1 aliphatic rings. The Bertz CT molecular complexity index is 1070. The number of aryl methyl sites for hydroxylation is 1. The number of ether oxygens (including phenoxy) is 1. The van der Waals surface area contributed by atoms with Gasteiger partial charge in [0.05, 0.1) is 12.4 Å². The molecule has 10 nitrogen and oxygen atoms in total. The first kappa shape index (κ1) is 29.0. The molecule has 3 atom stereocenters. The number of rotatable bonds is 13. The summed E-state index contributed by atoms with van der Waals surface area (Å²) in [6.45, 7) is -0.414. The van der Waals surface area contributed by atoms with E-state index in [0.29, 0.717) is 18.6 Å². The molecule has 38 heavy (non-hydrogen) atoms. The lowest BCUT2D eigenvalue weighted by molar-refractivity contribution is -0.147. The van der Waals surface area contributed by atoms with E-state index in [2.05, 4.69) is 10.6 Å². The minimum absolute atomic E-state index is 0.0537. The number of hydrogen-bond donors (Lipinski definition) is 4. The SMILES string of the molecule is O=C(N[C@@H](CCCCc1ccccc1)C(=O)N1CSC[C@H]1C(=O)NC[C@H](O)C(=O)O)OCc1ccccc1. The summed E-state index contributed by atoms with van der Waals surface area (Å²) in [5.74, 6) is -1.85. The Kier molecular flexibility index (Phi) is 11.4. The second-order valence-electron chi connectivity index (χ2n) is 8.91. The van der Waals surface area contributed by atoms with Crippen LogP contribution in [0.2, 0.25) is 0 Å². The fourth-order valence-electron chi connectivity index (χ4n) is 3.97. The van der Waals surface area contributed by atoms with Gasteiger partial charge in [-0.15, -0.1) is 11.8 Å². The van der Waals surface area contributed by atoms with Crippen molar-refractivity contribution >= 4 is 35.6 Å². The van der Waals surface area contributed by atoms with Crippen LogP contribution < -0.4 is 10.6 Å². The molecule has 11 heteroatoms. The van der Waals surface area contributed by atoms with E-state index in [1.807, 2.05) is 60.7 Å². The molecule has 0 saturated carbocycles. The molecule has 0 bridgehead atoms. The normalized spacial score (nSPS) is 16.3. The van der Waals surface area contributed by atoms with Crippen LogP contribution in [0.25, 0.3) is 0 Å². The van der Waals surface area contributed by atoms with E-state index < -0.39 is 48.6 Å². The lowest BCUT2D eigenvalue weighted by Crippen LogP contribution is -2.55. The fourth-order valence-corrected chi connectivity index (χ4v) is 5.13. The van der Waals surface area contributed by atoms with Gasteiger partial charge in [0.2, 0.25) is 11.8 Å². The third-order valence-corrected chi connectivity index (χ3v) is 7.09. The number of aliphatic carboxylic acids is 1. The lowest BCUT2D eigenvalue weighted by atomic mass is 10.0. The highest BCUT2D eigenvalue weighted by atomic mass is 32.2. The average molecular weight is 544 g/mol. The van der Waals surface area contributed by atoms with Crippen LogP contribution >= 0.6 is 11.8 Å². The minimum atomic E-state index is -1.74. The van der Waals surface area contributed by atoms with Crippen molar-refractivity contribution in [2.45, 2.75) is 50.5 Å². The van der Waals surface area contributed by atoms with Gasteiger partial charge in [0.25, 0.3) is 0 Å². The van der Waals surface area contributed by atoms with E-state index in [0.717, 1.165) is 18.4 Å². The number of carboxylic acid groups (broad SMARTS) is 1. The predicted molar refractivity (Wildman–Crippen MR) is 142 cm³/mol. The van der Waals surface area contributed by atoms with E-state index in [1.54, 1.807) is 0 Å². The number of unbranched alkanes of at least 4 members (excludes halogenated alkanes) is 1. The highest BCUT2D eigenvalue weighted by Gasteiger charge is 2.38. The summed E-state index contributed by atoms with van der Waals surface area (Å²) in [5, 5.41) is 23.3. The number of thioether (sulfide) groups is 1. The molecule has 3 amide bonds. The van der Waals surface area contributed by atoms with E-state index in [9.17, 15) is 24.3 Å². The summed E-state index contributed by atoms with van der Waals surface area (Å²) in [6, 6.07) is 17.4. The summed E-state index contributed by atoms with van der Waals surface area (Å²) in [6.07, 6.45) is 0.187. The minimum Gasteiger partial charge on any atom is -0.479 e. The molecule has 2 aromatic carbocycles. The van der Waals surface area contributed by atoms with Crippen molar-refractivity contribution < 1.29 is 34.1 Å². The molecule has 0 aromatic heterocycles. The molecule has 2 aromatic rings. The Morgan fingerprint density at radius 3 is 2.32 bits per heavy atom. The number of carboxylic acids is 1. The molecule has 1 aliphatic heterocycles. The van der Waals surface area contributed by atoms with Gasteiger partial charge in [-0.3, -0.25) is 9.59 Å². The Hall–Kier alpha value is -3.57. The standard InChI is InChI=1S/C27H33N3O7S/c31-23(26(34)35)15-28-24(32)22-17-38-18-30(22)25(33)21(14-8-7-11-19-9-3-1-4-10-19)29-27(36)37-16-20-12-5-2-6-13-20/h1-6,9-10,12-13,21-23,31H,7-8,11,14-18H2,(H,28,32)(H,29,36)(H,34,35)/t21-,22-,23-/m0/s1. The molecule has 204 valence electrons. The molecule has 3 rings (SSSR count). The molecular weight excluding hydrogens is 510 g/mol. The van der Waals surface area contributed by atoms with Gasteiger partial charge in [0.15, 0.2) is 6.10 Å². The van der Waals surface area contributed by atoms with Crippen molar-refractivity contribution in [2.75, 3.05) is 18.2 Å². The Morgan fingerprint density at radius 2 is 1.66 bits per heavy atom. The van der Waals surface area contributed by atoms with Crippen molar-refractivity contribution in [3.8, 4) is 0 Å². The average Bonchev–Trinajstić information content (AvgIpc) is 3.43. The van der Waals surface area contributed by atoms with Crippen molar-refractivity contribution in [1.29, 1.82) is 0 Å². The smallest absolute Gasteiger partial charge is 0.408 e. The first-order valence-electron chi connectivity index (χ1n) is 12.4. The highest BCUT2D eigenvalue weighted by Crippen LogP contribution is 2.23. The van der Waals surface area contributed by atoms with E-state index in [4.69, 9.17) is 9.84 Å². The number of benzene rings is 2. The van der Waals surface area contributed by atoms with E-state index >= 15 is 0 Å². The number of hydrogen-bond acceptors (Lipinski definition) is 7. The zero-order valence-corrected chi connectivity index (χ0v) is 21.8. The third-order valence-electron chi connectivity index (χ3n) is 6.08. The molecule has 0 unspecified atom stereocenters. The van der Waals surface area contributed by atoms with E-state index in [-0.39, 0.29) is 12.5 Å². The topological polar surface area (TPSA) is 145 Å². The van der Waals surface area contributed by atoms with E-state index in [1.165, 1.54) is 22.2 Å². The molecule has 0 aliphatic carbocycles. The largest absolute Gasteiger partial charge is 0.479 e. The zero-order chi connectivity index (χ0) is 27.3. The summed E-state index contributed by atoms with van der Waals surface area (Å²) in [4.78, 5) is 51.0. The molecule has 1 fully saturated rings. The predicted octanol–water partition coefficient (Wildman–Crippen LogP) is 2.16.